The Morgan fingerprint density at radius 1 is 1.11 bits per heavy atom. The summed E-state index contributed by atoms with van der Waals surface area (Å²) in [6, 6.07) is 11.2. The summed E-state index contributed by atoms with van der Waals surface area (Å²) < 4.78 is 39.3. The van der Waals surface area contributed by atoms with E-state index in [9.17, 15) is 17.6 Å². The van der Waals surface area contributed by atoms with Crippen molar-refractivity contribution < 1.29 is 17.6 Å². The van der Waals surface area contributed by atoms with Crippen molar-refractivity contribution in [1.82, 2.24) is 0 Å². The van der Waals surface area contributed by atoms with Gasteiger partial charge in [0.15, 0.2) is 9.84 Å². The average Bonchev–Trinajstić information content (AvgIpc) is 2.61. The second-order valence-electron chi connectivity index (χ2n) is 6.92. The molecule has 0 radical (unpaired) electrons. The van der Waals surface area contributed by atoms with Gasteiger partial charge >= 0.3 is 0 Å². The number of hydrogen-bond donors (Lipinski definition) is 1. The molecule has 1 fully saturated rings. The SMILES string of the molecule is O=C(CS(=O)(=O)Cc1cccc(Br)c1)Nc1cc(F)ccc1N1CCCCC1. The van der Waals surface area contributed by atoms with Crippen molar-refractivity contribution in [3.8, 4) is 0 Å². The highest BCUT2D eigenvalue weighted by molar-refractivity contribution is 9.10. The van der Waals surface area contributed by atoms with Gasteiger partial charge in [-0.15, -0.1) is 0 Å². The molecule has 2 aromatic rings. The first kappa shape index (κ1) is 20.8. The van der Waals surface area contributed by atoms with E-state index in [1.807, 2.05) is 0 Å². The van der Waals surface area contributed by atoms with Gasteiger partial charge in [0.2, 0.25) is 5.91 Å². The first-order valence-electron chi connectivity index (χ1n) is 9.12. The van der Waals surface area contributed by atoms with Gasteiger partial charge in [0.05, 0.1) is 17.1 Å². The summed E-state index contributed by atoms with van der Waals surface area (Å²) in [6.07, 6.45) is 3.21. The largest absolute Gasteiger partial charge is 0.370 e. The number of hydrogen-bond acceptors (Lipinski definition) is 4. The van der Waals surface area contributed by atoms with Gasteiger partial charge in [0.1, 0.15) is 11.6 Å². The van der Waals surface area contributed by atoms with Crippen LogP contribution in [-0.2, 0) is 20.4 Å². The zero-order valence-electron chi connectivity index (χ0n) is 15.3. The monoisotopic (exact) mass is 468 g/mol. The molecule has 1 amide bonds. The molecule has 0 atom stereocenters. The molecule has 8 heteroatoms. The highest BCUT2D eigenvalue weighted by Gasteiger charge is 2.21. The Morgan fingerprint density at radius 3 is 2.57 bits per heavy atom. The highest BCUT2D eigenvalue weighted by Crippen LogP contribution is 2.29. The second kappa shape index (κ2) is 9.05. The predicted molar refractivity (Wildman–Crippen MR) is 113 cm³/mol. The van der Waals surface area contributed by atoms with Crippen LogP contribution in [0.15, 0.2) is 46.9 Å². The van der Waals surface area contributed by atoms with E-state index in [1.54, 1.807) is 30.3 Å². The van der Waals surface area contributed by atoms with E-state index in [1.165, 1.54) is 12.1 Å². The van der Waals surface area contributed by atoms with Crippen molar-refractivity contribution in [2.45, 2.75) is 25.0 Å². The molecule has 1 N–H and O–H groups in total. The van der Waals surface area contributed by atoms with E-state index in [0.29, 0.717) is 11.3 Å². The van der Waals surface area contributed by atoms with Crippen LogP contribution in [0.3, 0.4) is 0 Å². The number of rotatable bonds is 6. The molecule has 1 aliphatic heterocycles. The molecule has 0 spiro atoms. The number of carbonyl (C=O) groups excluding carboxylic acids is 1. The van der Waals surface area contributed by atoms with Gasteiger partial charge in [-0.2, -0.15) is 0 Å². The van der Waals surface area contributed by atoms with Crippen LogP contribution in [0.5, 0.6) is 0 Å². The topological polar surface area (TPSA) is 66.5 Å². The number of benzene rings is 2. The molecule has 0 unspecified atom stereocenters. The molecule has 3 rings (SSSR count). The summed E-state index contributed by atoms with van der Waals surface area (Å²) in [5.41, 5.74) is 1.63. The predicted octanol–water partition coefficient (Wildman–Crippen LogP) is 4.13. The van der Waals surface area contributed by atoms with Crippen LogP contribution in [0.25, 0.3) is 0 Å². The van der Waals surface area contributed by atoms with E-state index in [2.05, 4.69) is 26.1 Å². The summed E-state index contributed by atoms with van der Waals surface area (Å²) in [5.74, 6) is -2.04. The van der Waals surface area contributed by atoms with Gasteiger partial charge in [-0.05, 0) is 55.2 Å². The summed E-state index contributed by atoms with van der Waals surface area (Å²) in [6.45, 7) is 1.66. The van der Waals surface area contributed by atoms with Crippen LogP contribution in [-0.4, -0.2) is 33.2 Å². The van der Waals surface area contributed by atoms with E-state index >= 15 is 0 Å². The standard InChI is InChI=1S/C20H22BrFN2O3S/c21-16-6-4-5-15(11-16)13-28(26,27)14-20(25)23-18-12-17(22)7-8-19(18)24-9-2-1-3-10-24/h4-8,11-12H,1-3,9-10,13-14H2,(H,23,25). The molecule has 1 saturated heterocycles. The van der Waals surface area contributed by atoms with Crippen LogP contribution in [0.4, 0.5) is 15.8 Å². The van der Waals surface area contributed by atoms with Gasteiger partial charge in [-0.25, -0.2) is 12.8 Å². The molecule has 0 saturated carbocycles. The summed E-state index contributed by atoms with van der Waals surface area (Å²) in [5, 5.41) is 2.59. The third kappa shape index (κ3) is 5.78. The number of piperidine rings is 1. The fourth-order valence-electron chi connectivity index (χ4n) is 3.34. The Balaban J connectivity index is 1.71. The van der Waals surface area contributed by atoms with Crippen LogP contribution >= 0.6 is 15.9 Å². The van der Waals surface area contributed by atoms with Crippen LogP contribution in [0.1, 0.15) is 24.8 Å². The van der Waals surface area contributed by atoms with Gasteiger partial charge in [-0.3, -0.25) is 4.79 Å². The van der Waals surface area contributed by atoms with Crippen molar-refractivity contribution >= 4 is 43.0 Å². The lowest BCUT2D eigenvalue weighted by Crippen LogP contribution is -2.31. The summed E-state index contributed by atoms with van der Waals surface area (Å²) >= 11 is 3.30. The molecule has 0 aromatic heterocycles. The average molecular weight is 469 g/mol. The number of nitrogens with one attached hydrogen (secondary N) is 1. The number of amides is 1. The highest BCUT2D eigenvalue weighted by atomic mass is 79.9. The second-order valence-corrected chi connectivity index (χ2v) is 9.90. The number of halogens is 2. The van der Waals surface area contributed by atoms with Crippen LogP contribution in [0.2, 0.25) is 0 Å². The molecular formula is C20H22BrFN2O3S. The zero-order chi connectivity index (χ0) is 20.1. The van der Waals surface area contributed by atoms with Crippen molar-refractivity contribution in [1.29, 1.82) is 0 Å². The maximum atomic E-state index is 13.7. The summed E-state index contributed by atoms with van der Waals surface area (Å²) in [7, 11) is -3.66. The van der Waals surface area contributed by atoms with E-state index in [4.69, 9.17) is 0 Å². The smallest absolute Gasteiger partial charge is 0.239 e. The third-order valence-electron chi connectivity index (χ3n) is 4.56. The van der Waals surface area contributed by atoms with Crippen LogP contribution in [0, 0.1) is 5.82 Å². The van der Waals surface area contributed by atoms with Gasteiger partial charge in [-0.1, -0.05) is 28.1 Å². The number of carbonyl (C=O) groups is 1. The minimum Gasteiger partial charge on any atom is -0.370 e. The molecule has 0 bridgehead atoms. The fourth-order valence-corrected chi connectivity index (χ4v) is 5.04. The minimum atomic E-state index is -3.66. The van der Waals surface area contributed by atoms with Gasteiger partial charge in [0, 0.05) is 17.6 Å². The Bertz CT molecular complexity index is 960. The first-order chi connectivity index (χ1) is 13.3. The quantitative estimate of drug-likeness (QED) is 0.691. The Kier molecular flexibility index (Phi) is 6.72. The fraction of sp³-hybridized carbons (Fsp3) is 0.350. The number of sulfone groups is 1. The molecular weight excluding hydrogens is 447 g/mol. The molecule has 5 nitrogen and oxygen atoms in total. The Hall–Kier alpha value is -1.93. The van der Waals surface area contributed by atoms with Crippen molar-refractivity contribution in [3.63, 3.8) is 0 Å². The van der Waals surface area contributed by atoms with Crippen molar-refractivity contribution in [3.05, 3.63) is 58.3 Å². The van der Waals surface area contributed by atoms with Gasteiger partial charge in [0.25, 0.3) is 0 Å². The Morgan fingerprint density at radius 2 is 1.86 bits per heavy atom. The van der Waals surface area contributed by atoms with E-state index in [-0.39, 0.29) is 5.75 Å². The lowest BCUT2D eigenvalue weighted by molar-refractivity contribution is -0.113. The summed E-state index contributed by atoms with van der Waals surface area (Å²) in [4.78, 5) is 14.5. The number of nitrogens with zero attached hydrogens (tertiary/aromatic N) is 1. The molecule has 28 heavy (non-hydrogen) atoms. The van der Waals surface area contributed by atoms with E-state index in [0.717, 1.165) is 42.5 Å². The normalized spacial score (nSPS) is 14.7. The first-order valence-corrected chi connectivity index (χ1v) is 11.7. The third-order valence-corrected chi connectivity index (χ3v) is 6.52. The number of anilines is 2. The molecule has 1 aliphatic rings. The van der Waals surface area contributed by atoms with E-state index < -0.39 is 27.3 Å². The van der Waals surface area contributed by atoms with Crippen molar-refractivity contribution in [2.75, 3.05) is 29.1 Å². The van der Waals surface area contributed by atoms with Crippen molar-refractivity contribution in [2.24, 2.45) is 0 Å². The minimum absolute atomic E-state index is 0.234. The zero-order valence-corrected chi connectivity index (χ0v) is 17.7. The lowest BCUT2D eigenvalue weighted by Gasteiger charge is -2.30. The maximum absolute atomic E-state index is 13.7. The molecule has 0 aliphatic carbocycles. The lowest BCUT2D eigenvalue weighted by atomic mass is 10.1. The molecule has 150 valence electrons. The maximum Gasteiger partial charge on any atom is 0.239 e. The Labute approximate surface area is 173 Å². The molecule has 1 heterocycles. The van der Waals surface area contributed by atoms with Gasteiger partial charge < -0.3 is 10.2 Å². The van der Waals surface area contributed by atoms with Crippen LogP contribution < -0.4 is 10.2 Å². The molecule has 2 aromatic carbocycles.